The van der Waals surface area contributed by atoms with E-state index in [2.05, 4.69) is 50.1 Å². The van der Waals surface area contributed by atoms with Crippen molar-refractivity contribution in [3.63, 3.8) is 0 Å². The number of fused-ring (bicyclic) bond motifs is 1. The predicted molar refractivity (Wildman–Crippen MR) is 87.0 cm³/mol. The smallest absolute Gasteiger partial charge is 0.123 e. The van der Waals surface area contributed by atoms with Crippen molar-refractivity contribution in [2.45, 2.75) is 10.7 Å². The molecule has 0 spiro atoms. The van der Waals surface area contributed by atoms with Gasteiger partial charge in [-0.25, -0.2) is 0 Å². The molecule has 0 saturated carbocycles. The molecule has 2 unspecified atom stereocenters. The Morgan fingerprint density at radius 2 is 2.05 bits per heavy atom. The molecule has 2 aromatic carbocycles. The number of para-hydroxylation sites is 1. The number of halogens is 2. The van der Waals surface area contributed by atoms with Gasteiger partial charge in [0.05, 0.1) is 18.5 Å². The van der Waals surface area contributed by atoms with Crippen LogP contribution in [0.4, 0.5) is 0 Å². The Balaban J connectivity index is 1.98. The second-order valence-electron chi connectivity index (χ2n) is 4.74. The number of hydrogen-bond donors (Lipinski definition) is 0. The second kappa shape index (κ2) is 5.78. The summed E-state index contributed by atoms with van der Waals surface area (Å²) in [5.41, 5.74) is 2.38. The van der Waals surface area contributed by atoms with Crippen LogP contribution in [0, 0.1) is 0 Å². The van der Waals surface area contributed by atoms with Gasteiger partial charge in [0.15, 0.2) is 0 Å². The summed E-state index contributed by atoms with van der Waals surface area (Å²) < 4.78 is 12.3. The zero-order valence-corrected chi connectivity index (χ0v) is 14.1. The fourth-order valence-corrected chi connectivity index (χ4v) is 3.74. The normalized spacial score (nSPS) is 18.2. The first kappa shape index (κ1) is 14.0. The van der Waals surface area contributed by atoms with Crippen molar-refractivity contribution in [3.05, 3.63) is 58.1 Å². The van der Waals surface area contributed by atoms with E-state index in [1.165, 1.54) is 5.56 Å². The Labute approximate surface area is 135 Å². The van der Waals surface area contributed by atoms with Crippen LogP contribution >= 0.6 is 31.9 Å². The van der Waals surface area contributed by atoms with Crippen molar-refractivity contribution in [3.8, 4) is 11.5 Å². The van der Waals surface area contributed by atoms with Crippen molar-refractivity contribution in [2.75, 3.05) is 13.7 Å². The van der Waals surface area contributed by atoms with E-state index in [-0.39, 0.29) is 10.7 Å². The number of methoxy groups -OCH3 is 1. The van der Waals surface area contributed by atoms with E-state index >= 15 is 0 Å². The maximum absolute atomic E-state index is 5.77. The van der Waals surface area contributed by atoms with Gasteiger partial charge in [0.2, 0.25) is 0 Å². The number of alkyl halides is 1. The Morgan fingerprint density at radius 1 is 1.25 bits per heavy atom. The molecule has 2 nitrogen and oxygen atoms in total. The standard InChI is InChI=1S/C16H14Br2O2/c1-19-14-7-6-10(17)8-12(14)16(18)13-9-20-15-5-3-2-4-11(13)15/h2-8,13,16H,9H2,1H3. The maximum atomic E-state index is 5.77. The van der Waals surface area contributed by atoms with Crippen LogP contribution < -0.4 is 9.47 Å². The molecule has 104 valence electrons. The molecule has 1 heterocycles. The first-order valence-electron chi connectivity index (χ1n) is 6.40. The van der Waals surface area contributed by atoms with Gasteiger partial charge >= 0.3 is 0 Å². The summed E-state index contributed by atoms with van der Waals surface area (Å²) in [7, 11) is 1.70. The molecule has 2 aromatic rings. The predicted octanol–water partition coefficient (Wildman–Crippen LogP) is 5.07. The summed E-state index contributed by atoms with van der Waals surface area (Å²) in [6, 6.07) is 14.3. The third-order valence-electron chi connectivity index (χ3n) is 3.58. The highest BCUT2D eigenvalue weighted by atomic mass is 79.9. The van der Waals surface area contributed by atoms with Crippen molar-refractivity contribution < 1.29 is 9.47 Å². The van der Waals surface area contributed by atoms with E-state index in [9.17, 15) is 0 Å². The maximum Gasteiger partial charge on any atom is 0.123 e. The zero-order valence-electron chi connectivity index (χ0n) is 11.0. The van der Waals surface area contributed by atoms with Gasteiger partial charge in [0, 0.05) is 21.5 Å². The molecule has 0 radical (unpaired) electrons. The summed E-state index contributed by atoms with van der Waals surface area (Å²) in [6.07, 6.45) is 0. The van der Waals surface area contributed by atoms with Crippen molar-refractivity contribution in [1.82, 2.24) is 0 Å². The van der Waals surface area contributed by atoms with Gasteiger partial charge in [-0.3, -0.25) is 0 Å². The van der Waals surface area contributed by atoms with Gasteiger partial charge < -0.3 is 9.47 Å². The summed E-state index contributed by atoms with van der Waals surface area (Å²) >= 11 is 7.35. The molecule has 0 N–H and O–H groups in total. The average molecular weight is 398 g/mol. The SMILES string of the molecule is COc1ccc(Br)cc1C(Br)C1COc2ccccc21. The summed E-state index contributed by atoms with van der Waals surface area (Å²) in [6.45, 7) is 0.685. The lowest BCUT2D eigenvalue weighted by atomic mass is 9.93. The van der Waals surface area contributed by atoms with E-state index in [0.717, 1.165) is 21.5 Å². The first-order valence-corrected chi connectivity index (χ1v) is 8.11. The summed E-state index contributed by atoms with van der Waals surface area (Å²) in [5, 5.41) is 0. The monoisotopic (exact) mass is 396 g/mol. The van der Waals surface area contributed by atoms with Gasteiger partial charge in [-0.15, -0.1) is 0 Å². The van der Waals surface area contributed by atoms with Crippen molar-refractivity contribution >= 4 is 31.9 Å². The Hall–Kier alpha value is -1.00. The summed E-state index contributed by atoms with van der Waals surface area (Å²) in [4.78, 5) is 0.151. The van der Waals surface area contributed by atoms with Crippen LogP contribution in [0.3, 0.4) is 0 Å². The van der Waals surface area contributed by atoms with Crippen LogP contribution in [0.1, 0.15) is 21.9 Å². The third-order valence-corrected chi connectivity index (χ3v) is 5.20. The molecule has 4 heteroatoms. The van der Waals surface area contributed by atoms with E-state index in [0.29, 0.717) is 6.61 Å². The number of ether oxygens (including phenoxy) is 2. The zero-order chi connectivity index (χ0) is 14.1. The summed E-state index contributed by atoms with van der Waals surface area (Å²) in [5.74, 6) is 2.16. The minimum absolute atomic E-state index is 0.151. The van der Waals surface area contributed by atoms with Gasteiger partial charge in [-0.2, -0.15) is 0 Å². The molecule has 0 amide bonds. The lowest BCUT2D eigenvalue weighted by molar-refractivity contribution is 0.328. The molecule has 0 bridgehead atoms. The van der Waals surface area contributed by atoms with Gasteiger partial charge in [0.1, 0.15) is 11.5 Å². The Kier molecular flexibility index (Phi) is 4.03. The van der Waals surface area contributed by atoms with Gasteiger partial charge in [0.25, 0.3) is 0 Å². The molecule has 1 aliphatic heterocycles. The number of hydrogen-bond acceptors (Lipinski definition) is 2. The topological polar surface area (TPSA) is 18.5 Å². The molecule has 3 rings (SSSR count). The molecular weight excluding hydrogens is 384 g/mol. The Bertz CT molecular complexity index is 628. The van der Waals surface area contributed by atoms with Crippen LogP contribution in [-0.2, 0) is 0 Å². The second-order valence-corrected chi connectivity index (χ2v) is 6.65. The highest BCUT2D eigenvalue weighted by molar-refractivity contribution is 9.10. The van der Waals surface area contributed by atoms with Crippen LogP contribution in [-0.4, -0.2) is 13.7 Å². The first-order chi connectivity index (χ1) is 9.70. The highest BCUT2D eigenvalue weighted by Crippen LogP contribution is 2.47. The van der Waals surface area contributed by atoms with E-state index in [1.807, 2.05) is 24.3 Å². The molecule has 0 aromatic heterocycles. The number of benzene rings is 2. The number of rotatable bonds is 3. The van der Waals surface area contributed by atoms with Crippen molar-refractivity contribution in [1.29, 1.82) is 0 Å². The van der Waals surface area contributed by atoms with E-state index in [4.69, 9.17) is 9.47 Å². The lowest BCUT2D eigenvalue weighted by Crippen LogP contribution is -2.09. The third kappa shape index (κ3) is 2.47. The molecular formula is C16H14Br2O2. The molecule has 20 heavy (non-hydrogen) atoms. The van der Waals surface area contributed by atoms with Crippen LogP contribution in [0.2, 0.25) is 0 Å². The average Bonchev–Trinajstić information content (AvgIpc) is 2.90. The molecule has 0 fully saturated rings. The van der Waals surface area contributed by atoms with E-state index < -0.39 is 0 Å². The van der Waals surface area contributed by atoms with E-state index in [1.54, 1.807) is 7.11 Å². The largest absolute Gasteiger partial charge is 0.496 e. The van der Waals surface area contributed by atoms with Gasteiger partial charge in [-0.05, 0) is 24.3 Å². The molecule has 2 atom stereocenters. The Morgan fingerprint density at radius 3 is 2.85 bits per heavy atom. The van der Waals surface area contributed by atoms with Crippen LogP contribution in [0.15, 0.2) is 46.9 Å². The quantitative estimate of drug-likeness (QED) is 0.673. The molecule has 0 aliphatic carbocycles. The lowest BCUT2D eigenvalue weighted by Gasteiger charge is -2.20. The van der Waals surface area contributed by atoms with Crippen molar-refractivity contribution in [2.24, 2.45) is 0 Å². The minimum atomic E-state index is 0.151. The fourth-order valence-electron chi connectivity index (χ4n) is 2.57. The van der Waals surface area contributed by atoms with Gasteiger partial charge in [-0.1, -0.05) is 50.1 Å². The van der Waals surface area contributed by atoms with Crippen LogP contribution in [0.5, 0.6) is 11.5 Å². The highest BCUT2D eigenvalue weighted by Gasteiger charge is 2.32. The molecule has 1 aliphatic rings. The van der Waals surface area contributed by atoms with Crippen LogP contribution in [0.25, 0.3) is 0 Å². The minimum Gasteiger partial charge on any atom is -0.496 e. The fraction of sp³-hybridized carbons (Fsp3) is 0.250. The molecule has 0 saturated heterocycles.